The van der Waals surface area contributed by atoms with Crippen molar-refractivity contribution in [3.63, 3.8) is 0 Å². The average molecular weight is 221 g/mol. The van der Waals surface area contributed by atoms with E-state index in [1.54, 1.807) is 14.2 Å². The van der Waals surface area contributed by atoms with Crippen LogP contribution < -0.4 is 14.8 Å². The number of nitrogens with one attached hydrogen (secondary N) is 1. The molecule has 0 spiro atoms. The van der Waals surface area contributed by atoms with Crippen LogP contribution in [0, 0.1) is 5.92 Å². The molecule has 1 N–H and O–H groups in total. The fourth-order valence-electron chi connectivity index (χ4n) is 2.26. The van der Waals surface area contributed by atoms with Crippen molar-refractivity contribution in [2.75, 3.05) is 20.8 Å². The molecule has 1 fully saturated rings. The van der Waals surface area contributed by atoms with E-state index in [0.29, 0.717) is 6.04 Å². The van der Waals surface area contributed by atoms with Gasteiger partial charge in [0.2, 0.25) is 0 Å². The van der Waals surface area contributed by atoms with Crippen molar-refractivity contribution >= 4 is 0 Å². The molecule has 0 saturated carbocycles. The van der Waals surface area contributed by atoms with Crippen LogP contribution in [0.4, 0.5) is 0 Å². The Morgan fingerprint density at radius 1 is 1.25 bits per heavy atom. The highest BCUT2D eigenvalue weighted by atomic mass is 16.5. The van der Waals surface area contributed by atoms with Gasteiger partial charge in [0, 0.05) is 17.7 Å². The predicted molar refractivity (Wildman–Crippen MR) is 64.1 cm³/mol. The number of benzene rings is 1. The monoisotopic (exact) mass is 221 g/mol. The van der Waals surface area contributed by atoms with Gasteiger partial charge < -0.3 is 14.8 Å². The Morgan fingerprint density at radius 2 is 2.06 bits per heavy atom. The van der Waals surface area contributed by atoms with Gasteiger partial charge in [0.1, 0.15) is 11.5 Å². The van der Waals surface area contributed by atoms with E-state index in [-0.39, 0.29) is 0 Å². The van der Waals surface area contributed by atoms with Gasteiger partial charge in [0.15, 0.2) is 0 Å². The Labute approximate surface area is 96.8 Å². The first-order chi connectivity index (χ1) is 7.74. The third-order valence-corrected chi connectivity index (χ3v) is 3.17. The SMILES string of the molecule is COc1ccc([C@H]2C[C@@H](C)CN2)c(OC)c1. The molecule has 2 atom stereocenters. The van der Waals surface area contributed by atoms with Gasteiger partial charge in [-0.05, 0) is 24.9 Å². The van der Waals surface area contributed by atoms with Gasteiger partial charge in [-0.1, -0.05) is 13.0 Å². The van der Waals surface area contributed by atoms with E-state index < -0.39 is 0 Å². The summed E-state index contributed by atoms with van der Waals surface area (Å²) in [5, 5.41) is 3.51. The summed E-state index contributed by atoms with van der Waals surface area (Å²) >= 11 is 0. The molecule has 1 aromatic carbocycles. The summed E-state index contributed by atoms with van der Waals surface area (Å²) in [6, 6.07) is 6.44. The van der Waals surface area contributed by atoms with Crippen molar-refractivity contribution in [2.45, 2.75) is 19.4 Å². The third kappa shape index (κ3) is 2.14. The van der Waals surface area contributed by atoms with Crippen molar-refractivity contribution in [1.29, 1.82) is 0 Å². The Hall–Kier alpha value is -1.22. The molecule has 16 heavy (non-hydrogen) atoms. The number of ether oxygens (including phenoxy) is 2. The molecule has 0 aliphatic carbocycles. The van der Waals surface area contributed by atoms with E-state index in [9.17, 15) is 0 Å². The molecular formula is C13H19NO2. The summed E-state index contributed by atoms with van der Waals surface area (Å²) in [5.41, 5.74) is 1.23. The minimum absolute atomic E-state index is 0.413. The second kappa shape index (κ2) is 4.74. The molecule has 0 radical (unpaired) electrons. The largest absolute Gasteiger partial charge is 0.497 e. The smallest absolute Gasteiger partial charge is 0.127 e. The highest BCUT2D eigenvalue weighted by molar-refractivity contribution is 5.42. The van der Waals surface area contributed by atoms with Crippen molar-refractivity contribution < 1.29 is 9.47 Å². The zero-order valence-electron chi connectivity index (χ0n) is 10.1. The molecule has 0 amide bonds. The molecule has 1 saturated heterocycles. The Bertz CT molecular complexity index is 365. The van der Waals surface area contributed by atoms with E-state index >= 15 is 0 Å². The van der Waals surface area contributed by atoms with E-state index in [4.69, 9.17) is 9.47 Å². The summed E-state index contributed by atoms with van der Waals surface area (Å²) < 4.78 is 10.6. The normalized spacial score (nSPS) is 24.4. The number of methoxy groups -OCH3 is 2. The van der Waals surface area contributed by atoms with Crippen LogP contribution in [0.5, 0.6) is 11.5 Å². The second-order valence-corrected chi connectivity index (χ2v) is 4.41. The molecule has 0 bridgehead atoms. The number of rotatable bonds is 3. The molecule has 0 aromatic heterocycles. The molecular weight excluding hydrogens is 202 g/mol. The Morgan fingerprint density at radius 3 is 2.62 bits per heavy atom. The van der Waals surface area contributed by atoms with Gasteiger partial charge >= 0.3 is 0 Å². The molecule has 1 aliphatic rings. The van der Waals surface area contributed by atoms with Crippen LogP contribution in [0.25, 0.3) is 0 Å². The van der Waals surface area contributed by atoms with Crippen LogP contribution in [0.1, 0.15) is 24.9 Å². The molecule has 1 aliphatic heterocycles. The van der Waals surface area contributed by atoms with E-state index in [2.05, 4.69) is 18.3 Å². The molecule has 1 heterocycles. The lowest BCUT2D eigenvalue weighted by molar-refractivity contribution is 0.386. The van der Waals surface area contributed by atoms with E-state index in [1.165, 1.54) is 12.0 Å². The van der Waals surface area contributed by atoms with Crippen molar-refractivity contribution in [3.8, 4) is 11.5 Å². The first-order valence-electron chi connectivity index (χ1n) is 5.70. The highest BCUT2D eigenvalue weighted by Crippen LogP contribution is 2.34. The summed E-state index contributed by atoms with van der Waals surface area (Å²) in [5.74, 6) is 2.48. The standard InChI is InChI=1S/C13H19NO2/c1-9-6-12(14-8-9)11-5-4-10(15-2)7-13(11)16-3/h4-5,7,9,12,14H,6,8H2,1-3H3/t9-,12-/m1/s1. The van der Waals surface area contributed by atoms with Crippen LogP contribution >= 0.6 is 0 Å². The summed E-state index contributed by atoms with van der Waals surface area (Å²) in [6.07, 6.45) is 1.17. The molecule has 3 heteroatoms. The van der Waals surface area contributed by atoms with Crippen LogP contribution in [0.15, 0.2) is 18.2 Å². The van der Waals surface area contributed by atoms with E-state index in [1.807, 2.05) is 12.1 Å². The van der Waals surface area contributed by atoms with Gasteiger partial charge in [0.25, 0.3) is 0 Å². The quantitative estimate of drug-likeness (QED) is 0.850. The zero-order chi connectivity index (χ0) is 11.5. The summed E-state index contributed by atoms with van der Waals surface area (Å²) in [7, 11) is 3.38. The molecule has 3 nitrogen and oxygen atoms in total. The second-order valence-electron chi connectivity index (χ2n) is 4.41. The summed E-state index contributed by atoms with van der Waals surface area (Å²) in [6.45, 7) is 3.35. The first-order valence-corrected chi connectivity index (χ1v) is 5.70. The van der Waals surface area contributed by atoms with Gasteiger partial charge in [0.05, 0.1) is 14.2 Å². The molecule has 88 valence electrons. The van der Waals surface area contributed by atoms with Crippen LogP contribution in [0.2, 0.25) is 0 Å². The lowest BCUT2D eigenvalue weighted by atomic mass is 10.0. The summed E-state index contributed by atoms with van der Waals surface area (Å²) in [4.78, 5) is 0. The van der Waals surface area contributed by atoms with Gasteiger partial charge in [-0.2, -0.15) is 0 Å². The van der Waals surface area contributed by atoms with Crippen molar-refractivity contribution in [1.82, 2.24) is 5.32 Å². The maximum atomic E-state index is 5.42. The topological polar surface area (TPSA) is 30.5 Å². The number of hydrogen-bond donors (Lipinski definition) is 1. The molecule has 2 rings (SSSR count). The minimum atomic E-state index is 0.413. The number of hydrogen-bond acceptors (Lipinski definition) is 3. The Balaban J connectivity index is 2.26. The van der Waals surface area contributed by atoms with Crippen LogP contribution in [-0.2, 0) is 0 Å². The minimum Gasteiger partial charge on any atom is -0.497 e. The van der Waals surface area contributed by atoms with E-state index in [0.717, 1.165) is 24.0 Å². The third-order valence-electron chi connectivity index (χ3n) is 3.17. The fraction of sp³-hybridized carbons (Fsp3) is 0.538. The molecule has 1 aromatic rings. The van der Waals surface area contributed by atoms with Crippen LogP contribution in [-0.4, -0.2) is 20.8 Å². The first kappa shape index (κ1) is 11.3. The van der Waals surface area contributed by atoms with Crippen molar-refractivity contribution in [2.24, 2.45) is 5.92 Å². The fourth-order valence-corrected chi connectivity index (χ4v) is 2.26. The molecule has 0 unspecified atom stereocenters. The van der Waals surface area contributed by atoms with Gasteiger partial charge in [-0.3, -0.25) is 0 Å². The van der Waals surface area contributed by atoms with Gasteiger partial charge in [-0.25, -0.2) is 0 Å². The zero-order valence-corrected chi connectivity index (χ0v) is 10.1. The van der Waals surface area contributed by atoms with Crippen LogP contribution in [0.3, 0.4) is 0 Å². The Kier molecular flexibility index (Phi) is 3.34. The predicted octanol–water partition coefficient (Wildman–Crippen LogP) is 2.37. The van der Waals surface area contributed by atoms with Gasteiger partial charge in [-0.15, -0.1) is 0 Å². The maximum absolute atomic E-state index is 5.42. The lowest BCUT2D eigenvalue weighted by Crippen LogP contribution is -2.14. The lowest BCUT2D eigenvalue weighted by Gasteiger charge is -2.16. The maximum Gasteiger partial charge on any atom is 0.127 e. The highest BCUT2D eigenvalue weighted by Gasteiger charge is 2.24. The van der Waals surface area contributed by atoms with Crippen molar-refractivity contribution in [3.05, 3.63) is 23.8 Å². The average Bonchev–Trinajstić information content (AvgIpc) is 2.74.